The first-order valence-corrected chi connectivity index (χ1v) is 13.0. The molecular formula is C25H31NO6S. The maximum atomic E-state index is 13.7. The number of aromatic carboxylic acids is 1. The number of carboxylic acids is 1. The molecule has 0 radical (unpaired) electrons. The van der Waals surface area contributed by atoms with E-state index in [0.29, 0.717) is 37.8 Å². The third-order valence-electron chi connectivity index (χ3n) is 6.58. The van der Waals surface area contributed by atoms with Crippen LogP contribution in [0.15, 0.2) is 41.3 Å². The van der Waals surface area contributed by atoms with Gasteiger partial charge in [-0.15, -0.1) is 0 Å². The van der Waals surface area contributed by atoms with Gasteiger partial charge in [0.15, 0.2) is 0 Å². The topological polar surface area (TPSA) is 93.1 Å². The molecule has 1 N–H and O–H groups in total. The first-order valence-electron chi connectivity index (χ1n) is 11.6. The lowest BCUT2D eigenvalue weighted by Gasteiger charge is -2.36. The molecule has 0 unspecified atom stereocenters. The summed E-state index contributed by atoms with van der Waals surface area (Å²) in [7, 11) is -3.96. The van der Waals surface area contributed by atoms with Crippen molar-refractivity contribution in [3.63, 3.8) is 0 Å². The summed E-state index contributed by atoms with van der Waals surface area (Å²) < 4.78 is 40.1. The Morgan fingerprint density at radius 2 is 1.91 bits per heavy atom. The Morgan fingerprint density at radius 3 is 2.61 bits per heavy atom. The van der Waals surface area contributed by atoms with Crippen LogP contribution in [-0.2, 0) is 27.6 Å². The van der Waals surface area contributed by atoms with Crippen LogP contribution in [0, 0.1) is 5.92 Å². The first kappa shape index (κ1) is 23.6. The number of sulfonamides is 1. The molecule has 7 nitrogen and oxygen atoms in total. The smallest absolute Gasteiger partial charge is 0.339 e. The fraction of sp³-hybridized carbons (Fsp3) is 0.480. The van der Waals surface area contributed by atoms with Crippen LogP contribution in [0.2, 0.25) is 0 Å². The van der Waals surface area contributed by atoms with Gasteiger partial charge in [-0.3, -0.25) is 4.31 Å². The highest BCUT2D eigenvalue weighted by molar-refractivity contribution is 7.92. The molecule has 8 heteroatoms. The zero-order chi connectivity index (χ0) is 23.6. The Balaban J connectivity index is 1.67. The molecule has 2 heterocycles. The van der Waals surface area contributed by atoms with E-state index in [2.05, 4.69) is 0 Å². The number of benzene rings is 2. The number of anilines is 1. The van der Waals surface area contributed by atoms with Gasteiger partial charge in [-0.05, 0) is 80.3 Å². The molecule has 0 saturated carbocycles. The van der Waals surface area contributed by atoms with Crippen LogP contribution in [0.4, 0.5) is 5.69 Å². The van der Waals surface area contributed by atoms with Gasteiger partial charge in [-0.25, -0.2) is 13.2 Å². The molecule has 0 bridgehead atoms. The lowest BCUT2D eigenvalue weighted by Crippen LogP contribution is -2.42. The fourth-order valence-corrected chi connectivity index (χ4v) is 6.27. The molecule has 2 aliphatic rings. The Hall–Kier alpha value is -2.58. The van der Waals surface area contributed by atoms with Gasteiger partial charge in [0, 0.05) is 19.3 Å². The summed E-state index contributed by atoms with van der Waals surface area (Å²) in [4.78, 5) is 11.9. The van der Waals surface area contributed by atoms with Crippen molar-refractivity contribution >= 4 is 21.7 Å². The van der Waals surface area contributed by atoms with E-state index in [1.54, 1.807) is 0 Å². The first-order chi connectivity index (χ1) is 15.8. The minimum absolute atomic E-state index is 0.0417. The summed E-state index contributed by atoms with van der Waals surface area (Å²) in [5.74, 6) is -0.732. The predicted molar refractivity (Wildman–Crippen MR) is 126 cm³/mol. The SMILES string of the molecule is CCc1ccc2c(c1)N(S(=O)(=O)c1ccc(OCC3CCOCC3)c(C(=O)O)c1)[C@@H](C)CC2. The second kappa shape index (κ2) is 9.73. The summed E-state index contributed by atoms with van der Waals surface area (Å²) >= 11 is 0. The second-order valence-corrected chi connectivity index (χ2v) is 10.6. The lowest BCUT2D eigenvalue weighted by atomic mass is 9.97. The van der Waals surface area contributed by atoms with E-state index in [-0.39, 0.29) is 22.3 Å². The van der Waals surface area contributed by atoms with E-state index >= 15 is 0 Å². The monoisotopic (exact) mass is 473 g/mol. The van der Waals surface area contributed by atoms with Crippen LogP contribution in [0.25, 0.3) is 0 Å². The van der Waals surface area contributed by atoms with E-state index in [1.807, 2.05) is 32.0 Å². The number of carbonyl (C=O) groups is 1. The van der Waals surface area contributed by atoms with Crippen molar-refractivity contribution in [2.45, 2.75) is 56.9 Å². The van der Waals surface area contributed by atoms with E-state index in [9.17, 15) is 18.3 Å². The highest BCUT2D eigenvalue weighted by Gasteiger charge is 2.35. The summed E-state index contributed by atoms with van der Waals surface area (Å²) in [6.07, 6.45) is 4.04. The van der Waals surface area contributed by atoms with Crippen LogP contribution in [0.3, 0.4) is 0 Å². The molecule has 2 aromatic carbocycles. The van der Waals surface area contributed by atoms with Gasteiger partial charge >= 0.3 is 5.97 Å². The van der Waals surface area contributed by atoms with E-state index in [1.165, 1.54) is 22.5 Å². The van der Waals surface area contributed by atoms with Crippen molar-refractivity contribution < 1.29 is 27.8 Å². The molecule has 4 rings (SSSR count). The maximum absolute atomic E-state index is 13.7. The number of rotatable bonds is 7. The number of carboxylic acid groups (broad SMARTS) is 1. The van der Waals surface area contributed by atoms with Crippen LogP contribution in [0.5, 0.6) is 5.75 Å². The standard InChI is InChI=1S/C25H31NO6S/c1-3-18-5-7-20-6-4-17(2)26(23(20)14-18)33(29,30)21-8-9-24(22(15-21)25(27)28)32-16-19-10-12-31-13-11-19/h5,7-9,14-15,17,19H,3-4,6,10-13,16H2,1-2H3,(H,27,28)/t17-/m0/s1. The highest BCUT2D eigenvalue weighted by Crippen LogP contribution is 2.37. The summed E-state index contributed by atoms with van der Waals surface area (Å²) in [6, 6.07) is 9.88. The maximum Gasteiger partial charge on any atom is 0.339 e. The van der Waals surface area contributed by atoms with Crippen molar-refractivity contribution in [2.24, 2.45) is 5.92 Å². The highest BCUT2D eigenvalue weighted by atomic mass is 32.2. The number of fused-ring (bicyclic) bond motifs is 1. The average Bonchev–Trinajstić information content (AvgIpc) is 2.82. The van der Waals surface area contributed by atoms with Crippen molar-refractivity contribution in [2.75, 3.05) is 24.1 Å². The zero-order valence-electron chi connectivity index (χ0n) is 19.1. The molecule has 1 saturated heterocycles. The van der Waals surface area contributed by atoms with E-state index in [0.717, 1.165) is 36.8 Å². The molecule has 1 atom stereocenters. The Bertz CT molecular complexity index is 1120. The quantitative estimate of drug-likeness (QED) is 0.645. The summed E-state index contributed by atoms with van der Waals surface area (Å²) in [5, 5.41) is 9.77. The number of nitrogens with zero attached hydrogens (tertiary/aromatic N) is 1. The molecule has 1 fully saturated rings. The number of ether oxygens (including phenoxy) is 2. The van der Waals surface area contributed by atoms with Crippen molar-refractivity contribution in [1.82, 2.24) is 0 Å². The minimum Gasteiger partial charge on any atom is -0.492 e. The third-order valence-corrected chi connectivity index (χ3v) is 8.50. The Labute approximate surface area is 195 Å². The molecule has 2 aromatic rings. The second-order valence-electron chi connectivity index (χ2n) is 8.84. The van der Waals surface area contributed by atoms with Gasteiger partial charge in [0.1, 0.15) is 11.3 Å². The Morgan fingerprint density at radius 1 is 1.15 bits per heavy atom. The summed E-state index contributed by atoms with van der Waals surface area (Å²) in [5.41, 5.74) is 2.59. The molecule has 0 aliphatic carbocycles. The third kappa shape index (κ3) is 4.87. The van der Waals surface area contributed by atoms with Crippen molar-refractivity contribution in [3.8, 4) is 5.75 Å². The number of hydrogen-bond donors (Lipinski definition) is 1. The van der Waals surface area contributed by atoms with Gasteiger partial charge in [-0.1, -0.05) is 19.1 Å². The molecule has 0 amide bonds. The molecule has 0 spiro atoms. The number of aryl methyl sites for hydroxylation is 2. The average molecular weight is 474 g/mol. The largest absolute Gasteiger partial charge is 0.492 e. The molecule has 33 heavy (non-hydrogen) atoms. The minimum atomic E-state index is -3.96. The molecule has 2 aliphatic heterocycles. The van der Waals surface area contributed by atoms with Gasteiger partial charge in [-0.2, -0.15) is 0 Å². The van der Waals surface area contributed by atoms with Gasteiger partial charge < -0.3 is 14.6 Å². The van der Waals surface area contributed by atoms with E-state index < -0.39 is 16.0 Å². The fourth-order valence-electron chi connectivity index (χ4n) is 4.53. The summed E-state index contributed by atoms with van der Waals surface area (Å²) in [6.45, 7) is 5.65. The van der Waals surface area contributed by atoms with Crippen molar-refractivity contribution in [1.29, 1.82) is 0 Å². The Kier molecular flexibility index (Phi) is 6.95. The number of hydrogen-bond acceptors (Lipinski definition) is 5. The van der Waals surface area contributed by atoms with Crippen LogP contribution in [-0.4, -0.2) is 45.4 Å². The zero-order valence-corrected chi connectivity index (χ0v) is 19.9. The van der Waals surface area contributed by atoms with E-state index in [4.69, 9.17) is 9.47 Å². The molecule has 0 aromatic heterocycles. The van der Waals surface area contributed by atoms with Crippen LogP contribution < -0.4 is 9.04 Å². The van der Waals surface area contributed by atoms with Gasteiger partial charge in [0.2, 0.25) is 0 Å². The lowest BCUT2D eigenvalue weighted by molar-refractivity contribution is 0.0490. The molecule has 178 valence electrons. The van der Waals surface area contributed by atoms with Gasteiger partial charge in [0.05, 0.1) is 17.2 Å². The van der Waals surface area contributed by atoms with Crippen LogP contribution in [0.1, 0.15) is 54.6 Å². The van der Waals surface area contributed by atoms with Crippen molar-refractivity contribution in [3.05, 3.63) is 53.1 Å². The normalized spacial score (nSPS) is 19.2. The van der Waals surface area contributed by atoms with Gasteiger partial charge in [0.25, 0.3) is 10.0 Å². The molecular weight excluding hydrogens is 442 g/mol. The predicted octanol–water partition coefficient (Wildman–Crippen LogP) is 4.28. The van der Waals surface area contributed by atoms with Crippen LogP contribution >= 0.6 is 0 Å².